The molecule has 0 aliphatic carbocycles. The van der Waals surface area contributed by atoms with Crippen LogP contribution in [0.4, 0.5) is 0 Å². The largest absolute Gasteiger partial charge is 0.486 e. The Labute approximate surface area is 158 Å². The Bertz CT molecular complexity index is 1120. The van der Waals surface area contributed by atoms with E-state index in [9.17, 15) is 4.79 Å². The molecule has 5 rings (SSSR count). The second-order valence-corrected chi connectivity index (χ2v) is 7.23. The van der Waals surface area contributed by atoms with Crippen molar-refractivity contribution in [1.82, 2.24) is 4.57 Å². The molecular weight excluding hydrogens is 368 g/mol. The molecule has 1 aromatic heterocycles. The number of carbonyl (C=O) groups excluding carboxylic acids is 1. The third kappa shape index (κ3) is 2.82. The molecule has 138 valence electrons. The molecule has 8 heteroatoms. The van der Waals surface area contributed by atoms with Gasteiger partial charge in [0.05, 0.1) is 10.2 Å². The maximum atomic E-state index is 12.6. The summed E-state index contributed by atoms with van der Waals surface area (Å²) in [7, 11) is 1.87. The van der Waals surface area contributed by atoms with Crippen LogP contribution >= 0.6 is 11.3 Å². The van der Waals surface area contributed by atoms with Crippen molar-refractivity contribution in [3.63, 3.8) is 0 Å². The van der Waals surface area contributed by atoms with Crippen LogP contribution in [-0.4, -0.2) is 36.4 Å². The molecule has 27 heavy (non-hydrogen) atoms. The van der Waals surface area contributed by atoms with Gasteiger partial charge >= 0.3 is 0 Å². The molecule has 0 fully saturated rings. The first-order valence-corrected chi connectivity index (χ1v) is 9.37. The van der Waals surface area contributed by atoms with Crippen LogP contribution in [0, 0.1) is 0 Å². The molecule has 2 aliphatic heterocycles. The first-order valence-electron chi connectivity index (χ1n) is 8.55. The fourth-order valence-electron chi connectivity index (χ4n) is 3.08. The van der Waals surface area contributed by atoms with Crippen LogP contribution in [0.25, 0.3) is 10.2 Å². The molecule has 3 heterocycles. The number of hydrogen-bond donors (Lipinski definition) is 0. The molecule has 0 unspecified atom stereocenters. The summed E-state index contributed by atoms with van der Waals surface area (Å²) in [5, 5.41) is 0. The molecule has 1 amide bonds. The van der Waals surface area contributed by atoms with E-state index in [2.05, 4.69) is 4.99 Å². The highest BCUT2D eigenvalue weighted by Gasteiger charge is 2.27. The average Bonchev–Trinajstić information content (AvgIpc) is 3.00. The van der Waals surface area contributed by atoms with E-state index in [4.69, 9.17) is 18.9 Å². The van der Waals surface area contributed by atoms with Gasteiger partial charge < -0.3 is 23.5 Å². The maximum Gasteiger partial charge on any atom is 0.292 e. The monoisotopic (exact) mass is 384 g/mol. The van der Waals surface area contributed by atoms with E-state index in [1.807, 2.05) is 41.9 Å². The summed E-state index contributed by atoms with van der Waals surface area (Å²) in [6.45, 7) is 1.21. The van der Waals surface area contributed by atoms with E-state index >= 15 is 0 Å². The molecule has 0 spiro atoms. The number of ether oxygens (including phenoxy) is 4. The van der Waals surface area contributed by atoms with Gasteiger partial charge in [-0.05, 0) is 12.1 Å². The summed E-state index contributed by atoms with van der Waals surface area (Å²) in [5.74, 6) is 2.25. The Morgan fingerprint density at radius 1 is 1.07 bits per heavy atom. The average molecular weight is 384 g/mol. The van der Waals surface area contributed by atoms with Crippen LogP contribution in [0.15, 0.2) is 41.4 Å². The smallest absolute Gasteiger partial charge is 0.292 e. The van der Waals surface area contributed by atoms with Crippen LogP contribution < -0.4 is 23.7 Å². The second kappa shape index (κ2) is 6.31. The summed E-state index contributed by atoms with van der Waals surface area (Å²) in [6.07, 6.45) is -0.759. The van der Waals surface area contributed by atoms with Gasteiger partial charge in [0.15, 0.2) is 27.8 Å². The van der Waals surface area contributed by atoms with Gasteiger partial charge in [0.1, 0.15) is 19.8 Å². The summed E-state index contributed by atoms with van der Waals surface area (Å²) >= 11 is 1.42. The lowest BCUT2D eigenvalue weighted by Crippen LogP contribution is -2.36. The van der Waals surface area contributed by atoms with Crippen LogP contribution in [0.1, 0.15) is 0 Å². The Hall–Kier alpha value is -3.00. The van der Waals surface area contributed by atoms with E-state index in [0.717, 1.165) is 10.2 Å². The summed E-state index contributed by atoms with van der Waals surface area (Å²) in [4.78, 5) is 17.5. The number of rotatable bonds is 1. The number of aromatic nitrogens is 1. The standard InChI is InChI=1S/C19H16N2O5S/c1-21-11-8-14-15(24-7-6-23-14)9-17(11)27-19(21)20-18(22)16-10-25-12-4-2-3-5-13(12)26-16/h2-5,8-9,16H,6-7,10H2,1H3/t16-/m0/s1. The van der Waals surface area contributed by atoms with Gasteiger partial charge in [0, 0.05) is 19.2 Å². The van der Waals surface area contributed by atoms with Crippen molar-refractivity contribution in [1.29, 1.82) is 0 Å². The summed E-state index contributed by atoms with van der Waals surface area (Å²) < 4.78 is 25.5. The number of benzene rings is 2. The molecule has 3 aromatic rings. The molecule has 0 bridgehead atoms. The first kappa shape index (κ1) is 16.2. The molecule has 7 nitrogen and oxygen atoms in total. The van der Waals surface area contributed by atoms with Gasteiger partial charge in [-0.2, -0.15) is 4.99 Å². The van der Waals surface area contributed by atoms with Crippen molar-refractivity contribution in [2.24, 2.45) is 12.0 Å². The van der Waals surface area contributed by atoms with Gasteiger partial charge in [0.25, 0.3) is 5.91 Å². The SMILES string of the molecule is Cn1c(=NC(=O)[C@@H]2COc3ccccc3O2)sc2cc3c(cc21)OCCO3. The topological polar surface area (TPSA) is 71.3 Å². The number of amides is 1. The third-order valence-electron chi connectivity index (χ3n) is 4.46. The van der Waals surface area contributed by atoms with Gasteiger partial charge in [-0.3, -0.25) is 4.79 Å². The van der Waals surface area contributed by atoms with Gasteiger partial charge in [-0.1, -0.05) is 23.5 Å². The number of carbonyl (C=O) groups is 1. The highest BCUT2D eigenvalue weighted by molar-refractivity contribution is 7.16. The number of aryl methyl sites for hydroxylation is 1. The third-order valence-corrected chi connectivity index (χ3v) is 5.56. The highest BCUT2D eigenvalue weighted by atomic mass is 32.1. The van der Waals surface area contributed by atoms with Crippen molar-refractivity contribution < 1.29 is 23.7 Å². The molecule has 1 atom stereocenters. The lowest BCUT2D eigenvalue weighted by molar-refractivity contribution is -0.127. The van der Waals surface area contributed by atoms with Gasteiger partial charge in [0.2, 0.25) is 6.10 Å². The number of fused-ring (bicyclic) bond motifs is 3. The number of nitrogens with zero attached hydrogens (tertiary/aromatic N) is 2. The quantitative estimate of drug-likeness (QED) is 0.644. The van der Waals surface area contributed by atoms with E-state index in [0.29, 0.717) is 41.0 Å². The highest BCUT2D eigenvalue weighted by Crippen LogP contribution is 2.35. The van der Waals surface area contributed by atoms with Crippen LogP contribution in [0.2, 0.25) is 0 Å². The number of hydrogen-bond acceptors (Lipinski definition) is 6. The van der Waals surface area contributed by atoms with Crippen LogP contribution in [0.3, 0.4) is 0 Å². The normalized spacial score (nSPS) is 18.6. The zero-order chi connectivity index (χ0) is 18.4. The Balaban J connectivity index is 1.49. The minimum Gasteiger partial charge on any atom is -0.486 e. The molecule has 0 radical (unpaired) electrons. The van der Waals surface area contributed by atoms with Crippen molar-refractivity contribution in [3.05, 3.63) is 41.2 Å². The molecule has 0 N–H and O–H groups in total. The van der Waals surface area contributed by atoms with E-state index in [1.54, 1.807) is 6.07 Å². The Morgan fingerprint density at radius 2 is 1.81 bits per heavy atom. The predicted octanol–water partition coefficient (Wildman–Crippen LogP) is 2.28. The molecule has 0 saturated heterocycles. The van der Waals surface area contributed by atoms with Gasteiger partial charge in [-0.25, -0.2) is 0 Å². The van der Waals surface area contributed by atoms with Crippen molar-refractivity contribution in [2.75, 3.05) is 19.8 Å². The van der Waals surface area contributed by atoms with Gasteiger partial charge in [-0.15, -0.1) is 0 Å². The van der Waals surface area contributed by atoms with Crippen molar-refractivity contribution >= 4 is 27.5 Å². The van der Waals surface area contributed by atoms with Crippen LogP contribution in [0.5, 0.6) is 23.0 Å². The van der Waals surface area contributed by atoms with Crippen molar-refractivity contribution in [3.8, 4) is 23.0 Å². The Kier molecular flexibility index (Phi) is 3.78. The molecular formula is C19H16N2O5S. The zero-order valence-electron chi connectivity index (χ0n) is 14.5. The maximum absolute atomic E-state index is 12.6. The number of para-hydroxylation sites is 2. The minimum absolute atomic E-state index is 0.143. The van der Waals surface area contributed by atoms with E-state index in [-0.39, 0.29) is 12.5 Å². The summed E-state index contributed by atoms with van der Waals surface area (Å²) in [5.41, 5.74) is 0.932. The second-order valence-electron chi connectivity index (χ2n) is 6.22. The van der Waals surface area contributed by atoms with E-state index < -0.39 is 6.10 Å². The predicted molar refractivity (Wildman–Crippen MR) is 98.7 cm³/mol. The lowest BCUT2D eigenvalue weighted by Gasteiger charge is -2.23. The fourth-order valence-corrected chi connectivity index (χ4v) is 4.11. The van der Waals surface area contributed by atoms with Crippen LogP contribution in [-0.2, 0) is 11.8 Å². The fraction of sp³-hybridized carbons (Fsp3) is 0.263. The van der Waals surface area contributed by atoms with E-state index in [1.165, 1.54) is 11.3 Å². The Morgan fingerprint density at radius 3 is 2.63 bits per heavy atom. The van der Waals surface area contributed by atoms with Crippen molar-refractivity contribution in [2.45, 2.75) is 6.10 Å². The summed E-state index contributed by atoms with van der Waals surface area (Å²) in [6, 6.07) is 11.1. The number of thiazole rings is 1. The minimum atomic E-state index is -0.759. The lowest BCUT2D eigenvalue weighted by atomic mass is 10.2. The molecule has 0 saturated carbocycles. The first-order chi connectivity index (χ1) is 13.2. The zero-order valence-corrected chi connectivity index (χ0v) is 15.3. The molecule has 2 aliphatic rings. The molecule has 2 aromatic carbocycles.